The molecule has 0 saturated heterocycles. The highest BCUT2D eigenvalue weighted by Gasteiger charge is 2.07. The van der Waals surface area contributed by atoms with Crippen LogP contribution in [0.2, 0.25) is 0 Å². The minimum atomic E-state index is -0.0643. The molecule has 4 heteroatoms. The average Bonchev–Trinajstić information content (AvgIpc) is 2.60. The van der Waals surface area contributed by atoms with Crippen LogP contribution in [0, 0.1) is 11.3 Å². The van der Waals surface area contributed by atoms with E-state index >= 15 is 0 Å². The maximum Gasteiger partial charge on any atom is 0.224 e. The van der Waals surface area contributed by atoms with E-state index in [-0.39, 0.29) is 12.3 Å². The zero-order valence-corrected chi connectivity index (χ0v) is 12.5. The lowest BCUT2D eigenvalue weighted by atomic mass is 10.1. The highest BCUT2D eigenvalue weighted by atomic mass is 16.1. The highest BCUT2D eigenvalue weighted by molar-refractivity contribution is 5.87. The fourth-order valence-electron chi connectivity index (χ4n) is 2.50. The van der Waals surface area contributed by atoms with E-state index < -0.39 is 0 Å². The Balaban J connectivity index is 1.68. The Morgan fingerprint density at radius 3 is 2.83 bits per heavy atom. The van der Waals surface area contributed by atoms with Crippen LogP contribution in [-0.2, 0) is 17.8 Å². The van der Waals surface area contributed by atoms with Gasteiger partial charge in [0.1, 0.15) is 0 Å². The van der Waals surface area contributed by atoms with Gasteiger partial charge in [0.15, 0.2) is 0 Å². The molecule has 3 aromatic rings. The topological polar surface area (TPSA) is 65.8 Å². The minimum Gasteiger partial charge on any atom is -0.352 e. The van der Waals surface area contributed by atoms with E-state index in [1.807, 2.05) is 42.5 Å². The maximum atomic E-state index is 12.2. The van der Waals surface area contributed by atoms with E-state index in [0.29, 0.717) is 12.1 Å². The Bertz CT molecular complexity index is 891. The number of aromatic nitrogens is 1. The zero-order valence-electron chi connectivity index (χ0n) is 12.5. The van der Waals surface area contributed by atoms with E-state index in [9.17, 15) is 4.79 Å². The predicted octanol–water partition coefficient (Wildman–Crippen LogP) is 2.97. The summed E-state index contributed by atoms with van der Waals surface area (Å²) in [7, 11) is 0. The van der Waals surface area contributed by atoms with E-state index in [1.165, 1.54) is 0 Å². The van der Waals surface area contributed by atoms with Crippen LogP contribution in [0.5, 0.6) is 0 Å². The monoisotopic (exact) mass is 301 g/mol. The van der Waals surface area contributed by atoms with Crippen molar-refractivity contribution in [2.75, 3.05) is 0 Å². The summed E-state index contributed by atoms with van der Waals surface area (Å²) in [5.41, 5.74) is 3.27. The third-order valence-corrected chi connectivity index (χ3v) is 3.61. The first-order chi connectivity index (χ1) is 11.3. The summed E-state index contributed by atoms with van der Waals surface area (Å²) in [6, 6.07) is 19.0. The third kappa shape index (κ3) is 3.53. The number of carbonyl (C=O) groups excluding carboxylic acids is 1. The number of nitrogens with one attached hydrogen (secondary N) is 1. The second-order valence-electron chi connectivity index (χ2n) is 5.26. The van der Waals surface area contributed by atoms with Crippen LogP contribution in [0.3, 0.4) is 0 Å². The molecule has 0 bridgehead atoms. The van der Waals surface area contributed by atoms with Crippen LogP contribution in [0.25, 0.3) is 10.9 Å². The minimum absolute atomic E-state index is 0.0643. The molecule has 0 saturated carbocycles. The van der Waals surface area contributed by atoms with Crippen LogP contribution in [0.1, 0.15) is 16.7 Å². The van der Waals surface area contributed by atoms with Crippen molar-refractivity contribution in [3.8, 4) is 6.07 Å². The summed E-state index contributed by atoms with van der Waals surface area (Å²) < 4.78 is 0. The van der Waals surface area contributed by atoms with Gasteiger partial charge in [-0.05, 0) is 29.3 Å². The molecule has 1 amide bonds. The molecule has 1 aromatic heterocycles. The Morgan fingerprint density at radius 2 is 1.96 bits per heavy atom. The number of benzene rings is 2. The lowest BCUT2D eigenvalue weighted by molar-refractivity contribution is -0.120. The molecular formula is C19H15N3O. The molecule has 0 aliphatic carbocycles. The zero-order chi connectivity index (χ0) is 16.1. The molecule has 0 atom stereocenters. The van der Waals surface area contributed by atoms with Gasteiger partial charge in [-0.1, -0.05) is 36.4 Å². The lowest BCUT2D eigenvalue weighted by Crippen LogP contribution is -2.24. The number of hydrogen-bond donors (Lipinski definition) is 1. The van der Waals surface area contributed by atoms with E-state index in [4.69, 9.17) is 5.26 Å². The predicted molar refractivity (Wildman–Crippen MR) is 88.5 cm³/mol. The van der Waals surface area contributed by atoms with Crippen molar-refractivity contribution in [1.29, 1.82) is 5.26 Å². The van der Waals surface area contributed by atoms with Gasteiger partial charge in [-0.2, -0.15) is 5.26 Å². The third-order valence-electron chi connectivity index (χ3n) is 3.61. The quantitative estimate of drug-likeness (QED) is 0.805. The molecule has 0 unspecified atom stereocenters. The van der Waals surface area contributed by atoms with Crippen LogP contribution < -0.4 is 5.32 Å². The van der Waals surface area contributed by atoms with Crippen LogP contribution in [0.15, 0.2) is 60.8 Å². The number of rotatable bonds is 4. The standard InChI is InChI=1S/C19H15N3O/c20-12-14-4-1-5-15(10-14)13-22-18(23)11-17-7-2-6-16-8-3-9-21-19(16)17/h1-10H,11,13H2,(H,22,23). The molecule has 2 aromatic carbocycles. The molecule has 1 heterocycles. The fraction of sp³-hybridized carbons (Fsp3) is 0.105. The van der Waals surface area contributed by atoms with Crippen LogP contribution in [-0.4, -0.2) is 10.9 Å². The summed E-state index contributed by atoms with van der Waals surface area (Å²) in [6.07, 6.45) is 2.02. The van der Waals surface area contributed by atoms with Gasteiger partial charge in [-0.15, -0.1) is 0 Å². The van der Waals surface area contributed by atoms with Gasteiger partial charge in [0.2, 0.25) is 5.91 Å². The molecule has 0 fully saturated rings. The van der Waals surface area contributed by atoms with E-state index in [1.54, 1.807) is 18.3 Å². The molecule has 112 valence electrons. The Labute approximate surface area is 134 Å². The van der Waals surface area contributed by atoms with Crippen molar-refractivity contribution in [3.63, 3.8) is 0 Å². The first kappa shape index (κ1) is 14.7. The normalized spacial score (nSPS) is 10.2. The number of fused-ring (bicyclic) bond motifs is 1. The van der Waals surface area contributed by atoms with Gasteiger partial charge >= 0.3 is 0 Å². The van der Waals surface area contributed by atoms with Gasteiger partial charge in [-0.25, -0.2) is 0 Å². The first-order valence-electron chi connectivity index (χ1n) is 7.34. The summed E-state index contributed by atoms with van der Waals surface area (Å²) in [5, 5.41) is 12.8. The maximum absolute atomic E-state index is 12.2. The molecule has 0 radical (unpaired) electrons. The van der Waals surface area contributed by atoms with Crippen molar-refractivity contribution >= 4 is 16.8 Å². The number of amides is 1. The summed E-state index contributed by atoms with van der Waals surface area (Å²) >= 11 is 0. The molecule has 0 spiro atoms. The smallest absolute Gasteiger partial charge is 0.224 e. The summed E-state index contributed by atoms with van der Waals surface area (Å²) in [4.78, 5) is 16.5. The Morgan fingerprint density at radius 1 is 1.13 bits per heavy atom. The molecule has 1 N–H and O–H groups in total. The number of nitrogens with zero attached hydrogens (tertiary/aromatic N) is 2. The van der Waals surface area contributed by atoms with Gasteiger partial charge in [0.25, 0.3) is 0 Å². The van der Waals surface area contributed by atoms with Crippen molar-refractivity contribution in [3.05, 3.63) is 77.5 Å². The largest absolute Gasteiger partial charge is 0.352 e. The van der Waals surface area contributed by atoms with Gasteiger partial charge in [0.05, 0.1) is 23.6 Å². The number of hydrogen-bond acceptors (Lipinski definition) is 3. The molecule has 23 heavy (non-hydrogen) atoms. The molecule has 4 nitrogen and oxygen atoms in total. The van der Waals surface area contributed by atoms with E-state index in [2.05, 4.69) is 16.4 Å². The van der Waals surface area contributed by atoms with Crippen LogP contribution in [0.4, 0.5) is 0 Å². The van der Waals surface area contributed by atoms with Crippen molar-refractivity contribution < 1.29 is 4.79 Å². The average molecular weight is 301 g/mol. The SMILES string of the molecule is N#Cc1cccc(CNC(=O)Cc2cccc3cccnc23)c1. The second kappa shape index (κ2) is 6.71. The van der Waals surface area contributed by atoms with Gasteiger partial charge < -0.3 is 5.32 Å². The van der Waals surface area contributed by atoms with Crippen molar-refractivity contribution in [1.82, 2.24) is 10.3 Å². The number of pyridine rings is 1. The van der Waals surface area contributed by atoms with Crippen molar-refractivity contribution in [2.24, 2.45) is 0 Å². The van der Waals surface area contributed by atoms with E-state index in [0.717, 1.165) is 22.0 Å². The number of nitriles is 1. The highest BCUT2D eigenvalue weighted by Crippen LogP contribution is 2.16. The second-order valence-corrected chi connectivity index (χ2v) is 5.26. The Hall–Kier alpha value is -3.19. The summed E-state index contributed by atoms with van der Waals surface area (Å²) in [5.74, 6) is -0.0643. The lowest BCUT2D eigenvalue weighted by Gasteiger charge is -2.07. The summed E-state index contributed by atoms with van der Waals surface area (Å²) in [6.45, 7) is 0.409. The molecular weight excluding hydrogens is 286 g/mol. The van der Waals surface area contributed by atoms with Crippen molar-refractivity contribution in [2.45, 2.75) is 13.0 Å². The molecule has 0 aliphatic heterocycles. The van der Waals surface area contributed by atoms with Gasteiger partial charge in [0, 0.05) is 18.1 Å². The first-order valence-corrected chi connectivity index (χ1v) is 7.34. The Kier molecular flexibility index (Phi) is 4.30. The number of carbonyl (C=O) groups is 1. The van der Waals surface area contributed by atoms with Gasteiger partial charge in [-0.3, -0.25) is 9.78 Å². The number of para-hydroxylation sites is 1. The molecule has 3 rings (SSSR count). The fourth-order valence-corrected chi connectivity index (χ4v) is 2.50. The molecule has 0 aliphatic rings. The van der Waals surface area contributed by atoms with Crippen LogP contribution >= 0.6 is 0 Å².